The van der Waals surface area contributed by atoms with Crippen molar-refractivity contribution in [1.29, 1.82) is 0 Å². The molecule has 0 aliphatic rings. The van der Waals surface area contributed by atoms with Gasteiger partial charge in [-0.2, -0.15) is 0 Å². The molecule has 0 unspecified atom stereocenters. The number of halogens is 3. The van der Waals surface area contributed by atoms with Gasteiger partial charge in [-0.25, -0.2) is 0 Å². The highest BCUT2D eigenvalue weighted by molar-refractivity contribution is 6.67. The smallest absolute Gasteiger partial charge is 0.190 e. The van der Waals surface area contributed by atoms with Crippen LogP contribution >= 0.6 is 34.8 Å². The summed E-state index contributed by atoms with van der Waals surface area (Å²) in [5, 5.41) is 8.60. The molecule has 0 aromatic rings. The third-order valence-corrected chi connectivity index (χ3v) is 3.19. The molecule has 1 N–H and O–H groups in total. The number of hydrogen-bond acceptors (Lipinski definition) is 1. The van der Waals surface area contributed by atoms with E-state index in [-0.39, 0.29) is 0 Å². The maximum Gasteiger partial charge on any atom is 0.190 e. The summed E-state index contributed by atoms with van der Waals surface area (Å²) in [5.74, 6) is 0. The highest BCUT2D eigenvalue weighted by atomic mass is 35.6. The zero-order valence-electron chi connectivity index (χ0n) is 9.86. The van der Waals surface area contributed by atoms with Crippen LogP contribution in [-0.2, 0) is 0 Å². The van der Waals surface area contributed by atoms with Gasteiger partial charge < -0.3 is 5.11 Å². The molecule has 1 nitrogen and oxygen atoms in total. The van der Waals surface area contributed by atoms with Gasteiger partial charge in [-0.3, -0.25) is 0 Å². The second-order valence-corrected chi connectivity index (χ2v) is 6.79. The van der Waals surface area contributed by atoms with Crippen LogP contribution in [-0.4, -0.2) is 15.5 Å². The molecule has 0 heterocycles. The van der Waals surface area contributed by atoms with E-state index in [0.717, 1.165) is 25.7 Å². The molecule has 0 rings (SSSR count). The molecule has 16 heavy (non-hydrogen) atoms. The molecule has 4 heteroatoms. The highest BCUT2D eigenvalue weighted by Gasteiger charge is 2.17. The van der Waals surface area contributed by atoms with Gasteiger partial charge in [0, 0.05) is 6.61 Å². The summed E-state index contributed by atoms with van der Waals surface area (Å²) >= 11 is 17.0. The number of alkyl halides is 3. The fraction of sp³-hybridized carbons (Fsp3) is 1.00. The summed E-state index contributed by atoms with van der Waals surface area (Å²) in [6.45, 7) is 0.330. The topological polar surface area (TPSA) is 20.2 Å². The minimum atomic E-state index is -1.07. The average Bonchev–Trinajstić information content (AvgIpc) is 2.19. The van der Waals surface area contributed by atoms with Gasteiger partial charge in [-0.05, 0) is 19.3 Å². The summed E-state index contributed by atoms with van der Waals surface area (Å²) in [6, 6.07) is 0. The predicted molar refractivity (Wildman–Crippen MR) is 73.5 cm³/mol. The average molecular weight is 290 g/mol. The summed E-state index contributed by atoms with van der Waals surface area (Å²) in [6.07, 6.45) is 11.3. The summed E-state index contributed by atoms with van der Waals surface area (Å²) < 4.78 is -1.07. The van der Waals surface area contributed by atoms with E-state index in [0.29, 0.717) is 13.0 Å². The molecule has 0 spiro atoms. The second kappa shape index (κ2) is 11.0. The Labute approximate surface area is 114 Å². The van der Waals surface area contributed by atoms with Gasteiger partial charge >= 0.3 is 0 Å². The molecule has 0 aliphatic carbocycles. The van der Waals surface area contributed by atoms with Crippen molar-refractivity contribution in [3.63, 3.8) is 0 Å². The molecule has 0 aliphatic heterocycles. The van der Waals surface area contributed by atoms with Gasteiger partial charge in [-0.15, -0.1) is 0 Å². The first-order valence-electron chi connectivity index (χ1n) is 6.24. The van der Waals surface area contributed by atoms with Crippen LogP contribution in [0, 0.1) is 0 Å². The van der Waals surface area contributed by atoms with E-state index in [1.54, 1.807) is 0 Å². The standard InChI is InChI=1S/C12H23Cl3O/c13-12(14,15)10-8-6-4-2-1-3-5-7-9-11-16/h16H,1-11H2. The number of hydrogen-bond donors (Lipinski definition) is 1. The molecular weight excluding hydrogens is 266 g/mol. The Morgan fingerprint density at radius 1 is 0.625 bits per heavy atom. The van der Waals surface area contributed by atoms with E-state index >= 15 is 0 Å². The van der Waals surface area contributed by atoms with Crippen molar-refractivity contribution in [3.8, 4) is 0 Å². The van der Waals surface area contributed by atoms with Crippen molar-refractivity contribution < 1.29 is 5.11 Å². The van der Waals surface area contributed by atoms with Crippen LogP contribution in [0.1, 0.15) is 64.2 Å². The molecule has 0 amide bonds. The molecule has 0 radical (unpaired) electrons. The Morgan fingerprint density at radius 2 is 1.00 bits per heavy atom. The molecule has 0 saturated heterocycles. The fourth-order valence-corrected chi connectivity index (χ4v) is 2.08. The minimum Gasteiger partial charge on any atom is -0.396 e. The van der Waals surface area contributed by atoms with Crippen molar-refractivity contribution >= 4 is 34.8 Å². The molecule has 0 aromatic heterocycles. The number of aliphatic hydroxyl groups is 1. The summed E-state index contributed by atoms with van der Waals surface area (Å²) in [7, 11) is 0. The lowest BCUT2D eigenvalue weighted by molar-refractivity contribution is 0.282. The van der Waals surface area contributed by atoms with Crippen LogP contribution in [0.15, 0.2) is 0 Å². The predicted octanol–water partition coefficient (Wildman–Crippen LogP) is 5.25. The molecule has 0 bridgehead atoms. The summed E-state index contributed by atoms with van der Waals surface area (Å²) in [4.78, 5) is 0. The van der Waals surface area contributed by atoms with E-state index < -0.39 is 3.79 Å². The van der Waals surface area contributed by atoms with E-state index in [4.69, 9.17) is 39.9 Å². The zero-order valence-corrected chi connectivity index (χ0v) is 12.1. The first kappa shape index (κ1) is 16.8. The van der Waals surface area contributed by atoms with Gasteiger partial charge in [0.2, 0.25) is 0 Å². The Hall–Kier alpha value is 0.830. The Kier molecular flexibility index (Phi) is 11.5. The SMILES string of the molecule is OCCCCCCCCCCCC(Cl)(Cl)Cl. The second-order valence-electron chi connectivity index (χ2n) is 4.27. The monoisotopic (exact) mass is 288 g/mol. The Bertz CT molecular complexity index is 146. The number of rotatable bonds is 10. The third kappa shape index (κ3) is 14.8. The lowest BCUT2D eigenvalue weighted by atomic mass is 10.1. The molecule has 98 valence electrons. The zero-order chi connectivity index (χ0) is 12.3. The molecule has 0 atom stereocenters. The van der Waals surface area contributed by atoms with Crippen molar-refractivity contribution in [2.75, 3.05) is 6.61 Å². The Morgan fingerprint density at radius 3 is 1.38 bits per heavy atom. The van der Waals surface area contributed by atoms with E-state index in [9.17, 15) is 0 Å². The van der Waals surface area contributed by atoms with Gasteiger partial charge in [0.05, 0.1) is 0 Å². The van der Waals surface area contributed by atoms with E-state index in [1.807, 2.05) is 0 Å². The first-order chi connectivity index (χ1) is 7.56. The van der Waals surface area contributed by atoms with Gasteiger partial charge in [0.1, 0.15) is 0 Å². The molecular formula is C12H23Cl3O. The van der Waals surface area contributed by atoms with Gasteiger partial charge in [0.25, 0.3) is 0 Å². The lowest BCUT2D eigenvalue weighted by Crippen LogP contribution is -2.00. The third-order valence-electron chi connectivity index (χ3n) is 2.62. The van der Waals surface area contributed by atoms with Crippen LogP contribution in [0.25, 0.3) is 0 Å². The normalized spacial score (nSPS) is 12.0. The molecule has 0 aromatic carbocycles. The van der Waals surface area contributed by atoms with Crippen LogP contribution < -0.4 is 0 Å². The minimum absolute atomic E-state index is 0.330. The van der Waals surface area contributed by atoms with E-state index in [2.05, 4.69) is 0 Å². The van der Waals surface area contributed by atoms with Crippen LogP contribution in [0.3, 0.4) is 0 Å². The van der Waals surface area contributed by atoms with Gasteiger partial charge in [-0.1, -0.05) is 79.7 Å². The number of unbranched alkanes of at least 4 members (excludes halogenated alkanes) is 8. The molecule has 0 saturated carbocycles. The first-order valence-corrected chi connectivity index (χ1v) is 7.37. The summed E-state index contributed by atoms with van der Waals surface area (Å²) in [5.41, 5.74) is 0. The quantitative estimate of drug-likeness (QED) is 0.430. The van der Waals surface area contributed by atoms with Crippen molar-refractivity contribution in [1.82, 2.24) is 0 Å². The van der Waals surface area contributed by atoms with Gasteiger partial charge in [0.15, 0.2) is 3.79 Å². The molecule has 0 fully saturated rings. The lowest BCUT2D eigenvalue weighted by Gasteiger charge is -2.09. The maximum atomic E-state index is 8.60. The van der Waals surface area contributed by atoms with Crippen molar-refractivity contribution in [2.45, 2.75) is 68.0 Å². The van der Waals surface area contributed by atoms with Crippen LogP contribution in [0.4, 0.5) is 0 Å². The van der Waals surface area contributed by atoms with Crippen molar-refractivity contribution in [2.24, 2.45) is 0 Å². The maximum absolute atomic E-state index is 8.60. The van der Waals surface area contributed by atoms with Crippen molar-refractivity contribution in [3.05, 3.63) is 0 Å². The highest BCUT2D eigenvalue weighted by Crippen LogP contribution is 2.32. The number of aliphatic hydroxyl groups excluding tert-OH is 1. The Balaban J connectivity index is 2.99. The largest absolute Gasteiger partial charge is 0.396 e. The van der Waals surface area contributed by atoms with Crippen LogP contribution in [0.2, 0.25) is 0 Å². The van der Waals surface area contributed by atoms with Crippen LogP contribution in [0.5, 0.6) is 0 Å². The fourth-order valence-electron chi connectivity index (χ4n) is 1.67. The van der Waals surface area contributed by atoms with E-state index in [1.165, 1.54) is 32.1 Å².